The molecule has 1 amide bonds. The van der Waals surface area contributed by atoms with Crippen LogP contribution in [-0.4, -0.2) is 44.0 Å². The molecule has 1 saturated carbocycles. The number of aromatic nitrogens is 5. The maximum Gasteiger partial charge on any atom is 0.252 e. The van der Waals surface area contributed by atoms with Crippen LogP contribution in [0.3, 0.4) is 0 Å². The molecule has 1 aromatic carbocycles. The van der Waals surface area contributed by atoms with E-state index >= 15 is 0 Å². The number of benzene rings is 1. The second-order valence-electron chi connectivity index (χ2n) is 7.59. The standard InChI is InChI=1S/C20H23N7O.ClH/c28-19(20(7-10-21-11-8-20)27-12-2-9-22-27)23-16-4-1-3-15(13-16)18-24-17(25-26-18)14-5-6-14;/h1-4,9,12-14,21H,5-8,10-11H2,(H,23,28)(H,24,25,26);1H. The van der Waals surface area contributed by atoms with E-state index < -0.39 is 5.54 Å². The van der Waals surface area contributed by atoms with E-state index in [1.807, 2.05) is 36.5 Å². The molecule has 9 heteroatoms. The average molecular weight is 414 g/mol. The smallest absolute Gasteiger partial charge is 0.252 e. The Morgan fingerprint density at radius 2 is 2.03 bits per heavy atom. The number of nitrogens with zero attached hydrogens (tertiary/aromatic N) is 4. The lowest BCUT2D eigenvalue weighted by Gasteiger charge is -2.36. The lowest BCUT2D eigenvalue weighted by molar-refractivity contribution is -0.126. The summed E-state index contributed by atoms with van der Waals surface area (Å²) in [5.41, 5.74) is 0.957. The van der Waals surface area contributed by atoms with E-state index in [1.165, 1.54) is 12.8 Å². The first-order valence-corrected chi connectivity index (χ1v) is 9.80. The fraction of sp³-hybridized carbons (Fsp3) is 0.400. The Labute approximate surface area is 174 Å². The van der Waals surface area contributed by atoms with Crippen molar-refractivity contribution in [3.63, 3.8) is 0 Å². The highest BCUT2D eigenvalue weighted by Crippen LogP contribution is 2.38. The van der Waals surface area contributed by atoms with Gasteiger partial charge in [-0.25, -0.2) is 4.98 Å². The number of aromatic amines is 1. The number of halogens is 1. The quantitative estimate of drug-likeness (QED) is 0.597. The van der Waals surface area contributed by atoms with Gasteiger partial charge < -0.3 is 10.6 Å². The fourth-order valence-electron chi connectivity index (χ4n) is 3.85. The lowest BCUT2D eigenvalue weighted by Crippen LogP contribution is -2.52. The van der Waals surface area contributed by atoms with E-state index in [4.69, 9.17) is 0 Å². The zero-order valence-electron chi connectivity index (χ0n) is 16.0. The third kappa shape index (κ3) is 3.77. The van der Waals surface area contributed by atoms with Gasteiger partial charge in [-0.1, -0.05) is 12.1 Å². The third-order valence-corrected chi connectivity index (χ3v) is 5.64. The molecular formula is C20H24ClN7O. The highest BCUT2D eigenvalue weighted by Gasteiger charge is 2.42. The van der Waals surface area contributed by atoms with Gasteiger partial charge in [-0.3, -0.25) is 14.6 Å². The third-order valence-electron chi connectivity index (χ3n) is 5.64. The minimum absolute atomic E-state index is 0. The van der Waals surface area contributed by atoms with Crippen molar-refractivity contribution in [2.45, 2.75) is 37.1 Å². The first-order valence-electron chi connectivity index (χ1n) is 9.80. The van der Waals surface area contributed by atoms with E-state index in [1.54, 1.807) is 10.9 Å². The van der Waals surface area contributed by atoms with E-state index in [0.29, 0.717) is 24.6 Å². The number of carbonyl (C=O) groups excluding carboxylic acids is 1. The van der Waals surface area contributed by atoms with Gasteiger partial charge in [0.1, 0.15) is 11.4 Å². The minimum Gasteiger partial charge on any atom is -0.324 e. The molecule has 3 aromatic rings. The van der Waals surface area contributed by atoms with Gasteiger partial charge in [0.05, 0.1) is 0 Å². The summed E-state index contributed by atoms with van der Waals surface area (Å²) in [6, 6.07) is 9.56. The van der Waals surface area contributed by atoms with Crippen molar-refractivity contribution < 1.29 is 4.79 Å². The van der Waals surface area contributed by atoms with Crippen LogP contribution in [0.2, 0.25) is 0 Å². The molecule has 3 N–H and O–H groups in total. The zero-order chi connectivity index (χ0) is 19.0. The molecule has 3 heterocycles. The summed E-state index contributed by atoms with van der Waals surface area (Å²) in [5, 5.41) is 18.2. The van der Waals surface area contributed by atoms with Crippen molar-refractivity contribution in [2.24, 2.45) is 0 Å². The van der Waals surface area contributed by atoms with Crippen LogP contribution in [0.15, 0.2) is 42.7 Å². The Balaban J connectivity index is 0.00000205. The average Bonchev–Trinajstić information content (AvgIpc) is 3.21. The molecule has 1 aliphatic heterocycles. The summed E-state index contributed by atoms with van der Waals surface area (Å²) < 4.78 is 1.80. The van der Waals surface area contributed by atoms with Gasteiger partial charge in [0.25, 0.3) is 5.91 Å². The highest BCUT2D eigenvalue weighted by atomic mass is 35.5. The van der Waals surface area contributed by atoms with Crippen molar-refractivity contribution >= 4 is 24.0 Å². The fourth-order valence-corrected chi connectivity index (χ4v) is 3.85. The van der Waals surface area contributed by atoms with Crippen molar-refractivity contribution in [1.29, 1.82) is 0 Å². The summed E-state index contributed by atoms with van der Waals surface area (Å²) in [6.45, 7) is 1.57. The number of nitrogens with one attached hydrogen (secondary N) is 3. The van der Waals surface area contributed by atoms with Crippen molar-refractivity contribution in [2.75, 3.05) is 18.4 Å². The number of hydrogen-bond acceptors (Lipinski definition) is 5. The maximum atomic E-state index is 13.3. The summed E-state index contributed by atoms with van der Waals surface area (Å²) in [4.78, 5) is 17.9. The Morgan fingerprint density at radius 1 is 1.21 bits per heavy atom. The number of amides is 1. The van der Waals surface area contributed by atoms with Crippen LogP contribution in [0.5, 0.6) is 0 Å². The van der Waals surface area contributed by atoms with Gasteiger partial charge in [0.2, 0.25) is 0 Å². The molecular weight excluding hydrogens is 390 g/mol. The molecule has 1 aliphatic carbocycles. The first kappa shape index (κ1) is 19.6. The number of anilines is 1. The molecule has 0 unspecified atom stereocenters. The lowest BCUT2D eigenvalue weighted by atomic mass is 9.87. The number of carbonyl (C=O) groups is 1. The first-order chi connectivity index (χ1) is 13.7. The molecule has 5 rings (SSSR count). The maximum absolute atomic E-state index is 13.3. The molecule has 0 spiro atoms. The molecule has 2 fully saturated rings. The predicted octanol–water partition coefficient (Wildman–Crippen LogP) is 2.68. The normalized spacial score (nSPS) is 18.1. The monoisotopic (exact) mass is 413 g/mol. The Kier molecular flexibility index (Phi) is 5.38. The molecule has 29 heavy (non-hydrogen) atoms. The van der Waals surface area contributed by atoms with Gasteiger partial charge in [0, 0.05) is 29.6 Å². The molecule has 152 valence electrons. The van der Waals surface area contributed by atoms with Crippen LogP contribution in [0.1, 0.15) is 37.4 Å². The van der Waals surface area contributed by atoms with Crippen LogP contribution in [-0.2, 0) is 10.3 Å². The topological polar surface area (TPSA) is 101 Å². The van der Waals surface area contributed by atoms with E-state index in [9.17, 15) is 4.79 Å². The summed E-state index contributed by atoms with van der Waals surface area (Å²) in [5.74, 6) is 2.11. The molecule has 0 atom stereocenters. The zero-order valence-corrected chi connectivity index (χ0v) is 16.8. The summed E-state index contributed by atoms with van der Waals surface area (Å²) in [7, 11) is 0. The van der Waals surface area contributed by atoms with Crippen molar-refractivity contribution in [3.05, 3.63) is 48.5 Å². The molecule has 0 radical (unpaired) electrons. The van der Waals surface area contributed by atoms with Crippen LogP contribution in [0, 0.1) is 0 Å². The SMILES string of the molecule is Cl.O=C(Nc1cccc(-c2n[nH]c(C3CC3)n2)c1)C1(n2cccn2)CCNCC1. The molecule has 0 bridgehead atoms. The minimum atomic E-state index is -0.672. The van der Waals surface area contributed by atoms with E-state index in [2.05, 4.69) is 30.9 Å². The van der Waals surface area contributed by atoms with Crippen LogP contribution < -0.4 is 10.6 Å². The van der Waals surface area contributed by atoms with E-state index in [-0.39, 0.29) is 18.3 Å². The Morgan fingerprint density at radius 3 is 2.76 bits per heavy atom. The van der Waals surface area contributed by atoms with Crippen molar-refractivity contribution in [1.82, 2.24) is 30.3 Å². The van der Waals surface area contributed by atoms with Crippen LogP contribution in [0.4, 0.5) is 5.69 Å². The van der Waals surface area contributed by atoms with Gasteiger partial charge in [0.15, 0.2) is 5.82 Å². The Hall–Kier alpha value is -2.71. The molecule has 8 nitrogen and oxygen atoms in total. The van der Waals surface area contributed by atoms with Gasteiger partial charge >= 0.3 is 0 Å². The molecule has 2 aromatic heterocycles. The predicted molar refractivity (Wildman–Crippen MR) is 112 cm³/mol. The van der Waals surface area contributed by atoms with E-state index in [0.717, 1.165) is 30.2 Å². The van der Waals surface area contributed by atoms with Gasteiger partial charge in [-0.2, -0.15) is 10.2 Å². The number of piperidine rings is 1. The van der Waals surface area contributed by atoms with Crippen LogP contribution in [0.25, 0.3) is 11.4 Å². The van der Waals surface area contributed by atoms with Gasteiger partial charge in [-0.15, -0.1) is 12.4 Å². The van der Waals surface area contributed by atoms with Crippen LogP contribution >= 0.6 is 12.4 Å². The highest BCUT2D eigenvalue weighted by molar-refractivity contribution is 5.97. The second kappa shape index (κ2) is 7.96. The second-order valence-corrected chi connectivity index (χ2v) is 7.59. The number of H-pyrrole nitrogens is 1. The number of rotatable bonds is 5. The number of hydrogen-bond donors (Lipinski definition) is 3. The Bertz CT molecular complexity index is 974. The largest absolute Gasteiger partial charge is 0.324 e. The molecule has 2 aliphatic rings. The summed E-state index contributed by atoms with van der Waals surface area (Å²) >= 11 is 0. The van der Waals surface area contributed by atoms with Gasteiger partial charge in [-0.05, 0) is 57.0 Å². The summed E-state index contributed by atoms with van der Waals surface area (Å²) in [6.07, 6.45) is 7.34. The molecule has 1 saturated heterocycles. The van der Waals surface area contributed by atoms with Crippen molar-refractivity contribution in [3.8, 4) is 11.4 Å².